The van der Waals surface area contributed by atoms with E-state index in [4.69, 9.17) is 0 Å². The molecule has 3 atom stereocenters. The molecule has 1 N–H and O–H groups in total. The highest BCUT2D eigenvalue weighted by Gasteiger charge is 2.53. The fourth-order valence-electron chi connectivity index (χ4n) is 3.24. The molecule has 2 saturated heterocycles. The van der Waals surface area contributed by atoms with Crippen molar-refractivity contribution in [3.05, 3.63) is 0 Å². The minimum atomic E-state index is -0.914. The average Bonchev–Trinajstić information content (AvgIpc) is 2.79. The van der Waals surface area contributed by atoms with Gasteiger partial charge in [0.15, 0.2) is 0 Å². The van der Waals surface area contributed by atoms with Gasteiger partial charge in [0.1, 0.15) is 6.04 Å². The molecule has 3 aliphatic rings. The van der Waals surface area contributed by atoms with E-state index < -0.39 is 17.9 Å². The molecular formula is C12H14N2O4. The van der Waals surface area contributed by atoms with E-state index in [-0.39, 0.29) is 30.1 Å². The predicted octanol–water partition coefficient (Wildman–Crippen LogP) is -0.423. The third kappa shape index (κ3) is 1.48. The smallest absolute Gasteiger partial charge is 0.250 e. The van der Waals surface area contributed by atoms with E-state index in [1.807, 2.05) is 0 Å². The summed E-state index contributed by atoms with van der Waals surface area (Å²) in [5, 5.41) is 2.14. The second-order valence-corrected chi connectivity index (χ2v) is 5.18. The number of amides is 4. The summed E-state index contributed by atoms with van der Waals surface area (Å²) in [6.45, 7) is 0. The maximum Gasteiger partial charge on any atom is 0.250 e. The number of imide groups is 2. The second kappa shape index (κ2) is 3.90. The van der Waals surface area contributed by atoms with Crippen LogP contribution in [0.1, 0.15) is 32.1 Å². The van der Waals surface area contributed by atoms with Crippen molar-refractivity contribution >= 4 is 23.6 Å². The molecule has 1 aliphatic carbocycles. The first-order valence-corrected chi connectivity index (χ1v) is 6.30. The van der Waals surface area contributed by atoms with Crippen LogP contribution in [0.4, 0.5) is 0 Å². The van der Waals surface area contributed by atoms with Crippen LogP contribution in [-0.4, -0.2) is 34.6 Å². The summed E-state index contributed by atoms with van der Waals surface area (Å²) >= 11 is 0. The van der Waals surface area contributed by atoms with Crippen molar-refractivity contribution in [3.8, 4) is 0 Å². The van der Waals surface area contributed by atoms with Crippen molar-refractivity contribution < 1.29 is 19.2 Å². The summed E-state index contributed by atoms with van der Waals surface area (Å²) < 4.78 is 0. The summed E-state index contributed by atoms with van der Waals surface area (Å²) in [6.07, 6.45) is 3.24. The van der Waals surface area contributed by atoms with Gasteiger partial charge in [0.25, 0.3) is 0 Å². The molecule has 96 valence electrons. The molecule has 0 bridgehead atoms. The zero-order valence-electron chi connectivity index (χ0n) is 9.85. The van der Waals surface area contributed by atoms with E-state index in [1.54, 1.807) is 0 Å². The van der Waals surface area contributed by atoms with Crippen molar-refractivity contribution in [2.24, 2.45) is 11.8 Å². The third-order valence-electron chi connectivity index (χ3n) is 4.13. The third-order valence-corrected chi connectivity index (χ3v) is 4.13. The molecule has 6 heteroatoms. The molecule has 6 nitrogen and oxygen atoms in total. The van der Waals surface area contributed by atoms with E-state index in [0.29, 0.717) is 12.8 Å². The SMILES string of the molecule is O=C1CC(N2C(=O)[C@H]3CCCC[C@H]3C2=O)C(=O)N1. The molecule has 3 fully saturated rings. The molecule has 0 spiro atoms. The molecule has 0 radical (unpaired) electrons. The van der Waals surface area contributed by atoms with Crippen LogP contribution in [0, 0.1) is 11.8 Å². The van der Waals surface area contributed by atoms with Crippen LogP contribution >= 0.6 is 0 Å². The monoisotopic (exact) mass is 250 g/mol. The van der Waals surface area contributed by atoms with Gasteiger partial charge < -0.3 is 0 Å². The Hall–Kier alpha value is -1.72. The van der Waals surface area contributed by atoms with Gasteiger partial charge in [0, 0.05) is 0 Å². The Morgan fingerprint density at radius 3 is 1.94 bits per heavy atom. The van der Waals surface area contributed by atoms with Crippen LogP contribution in [0.15, 0.2) is 0 Å². The summed E-state index contributed by atoms with van der Waals surface area (Å²) in [4.78, 5) is 48.2. The second-order valence-electron chi connectivity index (χ2n) is 5.18. The fraction of sp³-hybridized carbons (Fsp3) is 0.667. The molecule has 2 heterocycles. The van der Waals surface area contributed by atoms with Gasteiger partial charge in [-0.3, -0.25) is 29.4 Å². The number of fused-ring (bicyclic) bond motifs is 1. The number of likely N-dealkylation sites (tertiary alicyclic amines) is 1. The van der Waals surface area contributed by atoms with E-state index in [1.165, 1.54) is 0 Å². The molecule has 2 aliphatic heterocycles. The molecule has 0 aromatic rings. The lowest BCUT2D eigenvalue weighted by atomic mass is 9.81. The van der Waals surface area contributed by atoms with Crippen LogP contribution in [0.2, 0.25) is 0 Å². The van der Waals surface area contributed by atoms with Gasteiger partial charge in [0.2, 0.25) is 23.6 Å². The number of hydrogen-bond donors (Lipinski definition) is 1. The van der Waals surface area contributed by atoms with Crippen LogP contribution in [0.5, 0.6) is 0 Å². The first-order chi connectivity index (χ1) is 8.59. The lowest BCUT2D eigenvalue weighted by molar-refractivity contribution is -0.146. The predicted molar refractivity (Wildman–Crippen MR) is 58.9 cm³/mol. The molecule has 3 rings (SSSR count). The molecule has 1 saturated carbocycles. The van der Waals surface area contributed by atoms with Gasteiger partial charge in [0.05, 0.1) is 18.3 Å². The molecule has 1 unspecified atom stereocenters. The van der Waals surface area contributed by atoms with Gasteiger partial charge in [-0.25, -0.2) is 0 Å². The van der Waals surface area contributed by atoms with Crippen molar-refractivity contribution in [2.75, 3.05) is 0 Å². The molecule has 4 amide bonds. The Bertz CT molecular complexity index is 435. The van der Waals surface area contributed by atoms with Gasteiger partial charge in [-0.2, -0.15) is 0 Å². The largest absolute Gasteiger partial charge is 0.295 e. The Balaban J connectivity index is 1.88. The average molecular weight is 250 g/mol. The molecule has 0 aromatic heterocycles. The summed E-state index contributed by atoms with van der Waals surface area (Å²) in [6, 6.07) is -0.914. The van der Waals surface area contributed by atoms with E-state index in [0.717, 1.165) is 17.7 Å². The van der Waals surface area contributed by atoms with Gasteiger partial charge in [-0.05, 0) is 12.8 Å². The lowest BCUT2D eigenvalue weighted by Crippen LogP contribution is -2.44. The highest BCUT2D eigenvalue weighted by Crippen LogP contribution is 2.39. The van der Waals surface area contributed by atoms with Gasteiger partial charge in [-0.15, -0.1) is 0 Å². The summed E-state index contributed by atoms with van der Waals surface area (Å²) in [7, 11) is 0. The van der Waals surface area contributed by atoms with Crippen LogP contribution in [0.25, 0.3) is 0 Å². The lowest BCUT2D eigenvalue weighted by Gasteiger charge is -2.19. The van der Waals surface area contributed by atoms with Crippen molar-refractivity contribution in [2.45, 2.75) is 38.1 Å². The Morgan fingerprint density at radius 2 is 1.50 bits per heavy atom. The first kappa shape index (κ1) is 11.4. The maximum absolute atomic E-state index is 12.2. The number of carbonyl (C=O) groups is 4. The number of nitrogens with one attached hydrogen (secondary N) is 1. The summed E-state index contributed by atoms with van der Waals surface area (Å²) in [5.41, 5.74) is 0. The van der Waals surface area contributed by atoms with Gasteiger partial charge >= 0.3 is 0 Å². The number of nitrogens with zero attached hydrogens (tertiary/aromatic N) is 1. The standard InChI is InChI=1S/C12H14N2O4/c15-9-5-8(10(16)13-9)14-11(17)6-3-1-2-4-7(6)12(14)18/h6-8H,1-5H2,(H,13,15,16)/t6-,7+,8?. The van der Waals surface area contributed by atoms with Crippen LogP contribution in [0.3, 0.4) is 0 Å². The number of carbonyl (C=O) groups excluding carboxylic acids is 4. The van der Waals surface area contributed by atoms with E-state index in [9.17, 15) is 19.2 Å². The van der Waals surface area contributed by atoms with Gasteiger partial charge in [-0.1, -0.05) is 12.8 Å². The highest BCUT2D eigenvalue weighted by atomic mass is 16.2. The van der Waals surface area contributed by atoms with Crippen molar-refractivity contribution in [1.82, 2.24) is 10.2 Å². The Labute approximate surface area is 104 Å². The van der Waals surface area contributed by atoms with Crippen molar-refractivity contribution in [1.29, 1.82) is 0 Å². The zero-order chi connectivity index (χ0) is 12.9. The highest BCUT2D eigenvalue weighted by molar-refractivity contribution is 6.13. The number of hydrogen-bond acceptors (Lipinski definition) is 4. The first-order valence-electron chi connectivity index (χ1n) is 6.30. The minimum absolute atomic E-state index is 0.0875. The summed E-state index contributed by atoms with van der Waals surface area (Å²) in [5.74, 6) is -2.01. The Kier molecular flexibility index (Phi) is 2.46. The Morgan fingerprint density at radius 1 is 0.944 bits per heavy atom. The van der Waals surface area contributed by atoms with E-state index >= 15 is 0 Å². The van der Waals surface area contributed by atoms with E-state index in [2.05, 4.69) is 5.32 Å². The number of rotatable bonds is 1. The fourth-order valence-corrected chi connectivity index (χ4v) is 3.24. The zero-order valence-corrected chi connectivity index (χ0v) is 9.85. The molecule has 0 aromatic carbocycles. The molecule has 18 heavy (non-hydrogen) atoms. The molecular weight excluding hydrogens is 236 g/mol. The maximum atomic E-state index is 12.2. The van der Waals surface area contributed by atoms with Crippen molar-refractivity contribution in [3.63, 3.8) is 0 Å². The quantitative estimate of drug-likeness (QED) is 0.640. The van der Waals surface area contributed by atoms with Crippen LogP contribution < -0.4 is 5.32 Å². The minimum Gasteiger partial charge on any atom is -0.295 e. The topological polar surface area (TPSA) is 83.6 Å². The normalized spacial score (nSPS) is 36.0. The van der Waals surface area contributed by atoms with Crippen LogP contribution in [-0.2, 0) is 19.2 Å².